The lowest BCUT2D eigenvalue weighted by molar-refractivity contribution is 0.0254. The Morgan fingerprint density at radius 2 is 1.76 bits per heavy atom. The molecule has 2 saturated heterocycles. The van der Waals surface area contributed by atoms with E-state index in [0.717, 1.165) is 56.1 Å². The van der Waals surface area contributed by atoms with E-state index in [1.165, 1.54) is 5.69 Å². The van der Waals surface area contributed by atoms with E-state index in [2.05, 4.69) is 43.5 Å². The van der Waals surface area contributed by atoms with Crippen LogP contribution < -0.4 is 15.0 Å². The molecule has 2 fully saturated rings. The van der Waals surface area contributed by atoms with Crippen molar-refractivity contribution in [2.45, 2.75) is 18.9 Å². The number of ether oxygens (including phenoxy) is 3. The maximum Gasteiger partial charge on any atom is 0.247 e. The summed E-state index contributed by atoms with van der Waals surface area (Å²) in [5.74, 6) is 1.05. The molecule has 0 bridgehead atoms. The highest BCUT2D eigenvalue weighted by Crippen LogP contribution is 2.29. The van der Waals surface area contributed by atoms with Gasteiger partial charge >= 0.3 is 0 Å². The van der Waals surface area contributed by atoms with Crippen LogP contribution in [0.1, 0.15) is 18.4 Å². The van der Waals surface area contributed by atoms with Crippen LogP contribution >= 0.6 is 0 Å². The number of rotatable bonds is 6. The van der Waals surface area contributed by atoms with E-state index in [0.29, 0.717) is 36.1 Å². The molecule has 1 N–H and O–H groups in total. The fourth-order valence-electron chi connectivity index (χ4n) is 4.62. The van der Waals surface area contributed by atoms with Gasteiger partial charge in [0.25, 0.3) is 0 Å². The van der Waals surface area contributed by atoms with Crippen molar-refractivity contribution >= 4 is 23.0 Å². The zero-order valence-corrected chi connectivity index (χ0v) is 20.3. The summed E-state index contributed by atoms with van der Waals surface area (Å²) in [4.78, 5) is 11.3. The third kappa shape index (κ3) is 5.05. The molecule has 10 nitrogen and oxygen atoms in total. The molecule has 2 aromatic carbocycles. The molecule has 0 amide bonds. The summed E-state index contributed by atoms with van der Waals surface area (Å²) in [5, 5.41) is 17.7. The molecule has 0 spiro atoms. The quantitative estimate of drug-likeness (QED) is 0.425. The predicted molar refractivity (Wildman–Crippen MR) is 138 cm³/mol. The van der Waals surface area contributed by atoms with E-state index < -0.39 is 0 Å². The number of aromatic nitrogens is 4. The van der Waals surface area contributed by atoms with Gasteiger partial charge in [0.15, 0.2) is 5.65 Å². The highest BCUT2D eigenvalue weighted by Gasteiger charge is 2.18. The van der Waals surface area contributed by atoms with Crippen LogP contribution in [0.4, 0.5) is 17.3 Å². The lowest BCUT2D eigenvalue weighted by Gasteiger charge is -2.28. The number of morpholine rings is 1. The van der Waals surface area contributed by atoms with Gasteiger partial charge in [-0.25, -0.2) is 4.52 Å². The van der Waals surface area contributed by atoms with Gasteiger partial charge < -0.3 is 24.4 Å². The Morgan fingerprint density at radius 1 is 0.973 bits per heavy atom. The molecule has 0 radical (unpaired) electrons. The average molecular weight is 498 g/mol. The van der Waals surface area contributed by atoms with Crippen LogP contribution in [0.2, 0.25) is 0 Å². The zero-order valence-electron chi connectivity index (χ0n) is 20.3. The first-order valence-corrected chi connectivity index (χ1v) is 12.5. The molecule has 4 heterocycles. The summed E-state index contributed by atoms with van der Waals surface area (Å²) >= 11 is 0. The van der Waals surface area contributed by atoms with Crippen molar-refractivity contribution in [1.29, 1.82) is 5.26 Å². The van der Waals surface area contributed by atoms with E-state index in [-0.39, 0.29) is 6.10 Å². The number of nitrogens with zero attached hydrogens (tertiary/aromatic N) is 6. The van der Waals surface area contributed by atoms with E-state index >= 15 is 0 Å². The minimum atomic E-state index is 0.0590. The third-order valence-corrected chi connectivity index (χ3v) is 6.60. The Bertz CT molecular complexity index is 1420. The standard InChI is InChI=1S/C27H27N7O3/c28-16-20-15-19(1-6-25(20)37-23-7-11-35-12-8-23)24-17-29-18-26-31-27(32-34(24)26)30-21-2-4-22(5-3-21)33-9-13-36-14-10-33/h1-6,15,17-18,23H,7-14H2,(H,30,32). The number of hydrogen-bond donors (Lipinski definition) is 1. The number of fused-ring (bicyclic) bond motifs is 1. The molecule has 2 aromatic heterocycles. The van der Waals surface area contributed by atoms with Crippen LogP contribution in [-0.2, 0) is 9.47 Å². The van der Waals surface area contributed by atoms with Gasteiger partial charge in [0.05, 0.1) is 50.1 Å². The topological polar surface area (TPSA) is 110 Å². The Balaban J connectivity index is 1.23. The second kappa shape index (κ2) is 10.4. The van der Waals surface area contributed by atoms with E-state index in [9.17, 15) is 5.26 Å². The average Bonchev–Trinajstić information content (AvgIpc) is 3.37. The fourth-order valence-corrected chi connectivity index (χ4v) is 4.62. The summed E-state index contributed by atoms with van der Waals surface area (Å²) < 4.78 is 18.7. The minimum Gasteiger partial charge on any atom is -0.489 e. The molecular weight excluding hydrogens is 470 g/mol. The van der Waals surface area contributed by atoms with Gasteiger partial charge in [-0.05, 0) is 42.5 Å². The van der Waals surface area contributed by atoms with Crippen LogP contribution in [0.15, 0.2) is 54.9 Å². The molecule has 4 aromatic rings. The Morgan fingerprint density at radius 3 is 2.54 bits per heavy atom. The number of nitrogens with one attached hydrogen (secondary N) is 1. The molecule has 0 atom stereocenters. The highest BCUT2D eigenvalue weighted by molar-refractivity contribution is 5.67. The lowest BCUT2D eigenvalue weighted by Crippen LogP contribution is -2.36. The van der Waals surface area contributed by atoms with Gasteiger partial charge in [-0.3, -0.25) is 4.98 Å². The summed E-state index contributed by atoms with van der Waals surface area (Å²) in [7, 11) is 0. The molecule has 10 heteroatoms. The summed E-state index contributed by atoms with van der Waals surface area (Å²) in [5.41, 5.74) is 4.67. The van der Waals surface area contributed by atoms with Crippen LogP contribution in [-0.4, -0.2) is 65.2 Å². The van der Waals surface area contributed by atoms with Crippen molar-refractivity contribution in [3.63, 3.8) is 0 Å². The van der Waals surface area contributed by atoms with Gasteiger partial charge in [-0.2, -0.15) is 10.2 Å². The van der Waals surface area contributed by atoms with Crippen LogP contribution in [0.3, 0.4) is 0 Å². The Hall–Kier alpha value is -4.20. The zero-order chi connectivity index (χ0) is 25.0. The monoisotopic (exact) mass is 497 g/mol. The van der Waals surface area contributed by atoms with Gasteiger partial charge in [0, 0.05) is 42.9 Å². The van der Waals surface area contributed by atoms with E-state index in [1.807, 2.05) is 30.3 Å². The van der Waals surface area contributed by atoms with Gasteiger partial charge in [0.2, 0.25) is 5.95 Å². The summed E-state index contributed by atoms with van der Waals surface area (Å²) in [6.07, 6.45) is 5.08. The first-order valence-electron chi connectivity index (χ1n) is 12.5. The SMILES string of the molecule is N#Cc1cc(-c2cncc3nc(Nc4ccc(N5CCOCC5)cc4)nn23)ccc1OC1CCOCC1. The van der Waals surface area contributed by atoms with E-state index in [1.54, 1.807) is 16.9 Å². The van der Waals surface area contributed by atoms with Crippen molar-refractivity contribution in [1.82, 2.24) is 19.6 Å². The number of hydrogen-bond acceptors (Lipinski definition) is 9. The summed E-state index contributed by atoms with van der Waals surface area (Å²) in [6.45, 7) is 4.66. The molecule has 6 rings (SSSR count). The maximum atomic E-state index is 9.78. The molecule has 37 heavy (non-hydrogen) atoms. The number of anilines is 3. The Kier molecular flexibility index (Phi) is 6.54. The second-order valence-corrected chi connectivity index (χ2v) is 9.02. The van der Waals surface area contributed by atoms with Crippen LogP contribution in [0, 0.1) is 11.3 Å². The highest BCUT2D eigenvalue weighted by atomic mass is 16.5. The normalized spacial score (nSPS) is 16.5. The molecule has 2 aliphatic rings. The molecule has 0 saturated carbocycles. The molecule has 0 unspecified atom stereocenters. The van der Waals surface area contributed by atoms with Gasteiger partial charge in [-0.15, -0.1) is 5.10 Å². The molecule has 2 aliphatic heterocycles. The number of benzene rings is 2. The molecule has 0 aliphatic carbocycles. The smallest absolute Gasteiger partial charge is 0.247 e. The molecule has 188 valence electrons. The summed E-state index contributed by atoms with van der Waals surface area (Å²) in [6, 6.07) is 16.1. The third-order valence-electron chi connectivity index (χ3n) is 6.60. The van der Waals surface area contributed by atoms with E-state index in [4.69, 9.17) is 14.2 Å². The lowest BCUT2D eigenvalue weighted by atomic mass is 10.1. The minimum absolute atomic E-state index is 0.0590. The van der Waals surface area contributed by atoms with Crippen molar-refractivity contribution in [2.75, 3.05) is 49.7 Å². The van der Waals surface area contributed by atoms with Gasteiger partial charge in [0.1, 0.15) is 17.9 Å². The molecular formula is C27H27N7O3. The number of nitriles is 1. The fraction of sp³-hybridized carbons (Fsp3) is 0.333. The van der Waals surface area contributed by atoms with Crippen LogP contribution in [0.5, 0.6) is 5.75 Å². The van der Waals surface area contributed by atoms with Crippen molar-refractivity contribution < 1.29 is 14.2 Å². The first kappa shape index (κ1) is 23.2. The Labute approximate surface area is 214 Å². The largest absolute Gasteiger partial charge is 0.489 e. The second-order valence-electron chi connectivity index (χ2n) is 9.02. The van der Waals surface area contributed by atoms with Crippen molar-refractivity contribution in [3.05, 3.63) is 60.4 Å². The van der Waals surface area contributed by atoms with Crippen molar-refractivity contribution in [2.24, 2.45) is 0 Å². The predicted octanol–water partition coefficient (Wildman–Crippen LogP) is 3.80. The van der Waals surface area contributed by atoms with Gasteiger partial charge in [-0.1, -0.05) is 0 Å². The van der Waals surface area contributed by atoms with Crippen molar-refractivity contribution in [3.8, 4) is 23.1 Å². The van der Waals surface area contributed by atoms with Crippen LogP contribution in [0.25, 0.3) is 16.9 Å². The first-order chi connectivity index (χ1) is 18.3. The maximum absolute atomic E-state index is 9.78.